The lowest BCUT2D eigenvalue weighted by molar-refractivity contribution is -0.140. The molecule has 0 fully saturated rings. The summed E-state index contributed by atoms with van der Waals surface area (Å²) in [6.45, 7) is 2.52. The van der Waals surface area contributed by atoms with Gasteiger partial charge in [0.05, 0.1) is 6.61 Å². The van der Waals surface area contributed by atoms with Gasteiger partial charge in [0.2, 0.25) is 0 Å². The molecule has 0 aromatic rings. The maximum atomic E-state index is 11.3. The first kappa shape index (κ1) is 21.2. The number of terminal acetylenes is 1. The van der Waals surface area contributed by atoms with Gasteiger partial charge in [-0.3, -0.25) is 0 Å². The smallest absolute Gasteiger partial charge is 0.331 e. The van der Waals surface area contributed by atoms with Crippen LogP contribution in [0, 0.1) is 12.3 Å². The largest absolute Gasteiger partial charge is 0.463 e. The molecule has 4 nitrogen and oxygen atoms in total. The van der Waals surface area contributed by atoms with Crippen molar-refractivity contribution in [2.24, 2.45) is 0 Å². The van der Waals surface area contributed by atoms with E-state index in [1.807, 2.05) is 0 Å². The molecular formula is C19H30O4. The summed E-state index contributed by atoms with van der Waals surface area (Å²) in [6, 6.07) is 0. The Kier molecular flexibility index (Phi) is 15.3. The number of esters is 2. The molecule has 0 spiro atoms. The first-order chi connectivity index (χ1) is 11.2. The molecule has 4 heteroatoms. The highest BCUT2D eigenvalue weighted by Crippen LogP contribution is 2.10. The molecule has 23 heavy (non-hydrogen) atoms. The van der Waals surface area contributed by atoms with Gasteiger partial charge in [0.1, 0.15) is 0 Å². The lowest BCUT2D eigenvalue weighted by Gasteiger charge is -2.03. The molecule has 0 aromatic carbocycles. The van der Waals surface area contributed by atoms with Crippen LogP contribution in [0.25, 0.3) is 0 Å². The van der Waals surface area contributed by atoms with Gasteiger partial charge in [-0.2, -0.15) is 0 Å². The second-order valence-electron chi connectivity index (χ2n) is 5.49. The molecule has 0 saturated heterocycles. The van der Waals surface area contributed by atoms with Crippen LogP contribution in [0.3, 0.4) is 0 Å². The fourth-order valence-electron chi connectivity index (χ4n) is 2.11. The zero-order chi connectivity index (χ0) is 17.2. The van der Waals surface area contributed by atoms with Crippen molar-refractivity contribution in [3.05, 3.63) is 12.2 Å². The van der Waals surface area contributed by atoms with E-state index in [0.29, 0.717) is 6.61 Å². The van der Waals surface area contributed by atoms with Gasteiger partial charge in [0.25, 0.3) is 0 Å². The summed E-state index contributed by atoms with van der Waals surface area (Å²) in [5, 5.41) is 0. The molecule has 0 rings (SSSR count). The molecule has 0 aliphatic carbocycles. The Morgan fingerprint density at radius 3 is 1.83 bits per heavy atom. The second kappa shape index (κ2) is 16.6. The SMILES string of the molecule is C#CCOC(=O)/C=C/C(=O)OCCCCCCCCCCCC. The molecule has 0 saturated carbocycles. The minimum absolute atomic E-state index is 0.100. The fraction of sp³-hybridized carbons (Fsp3) is 0.684. The number of carbonyl (C=O) groups is 2. The van der Waals surface area contributed by atoms with E-state index in [-0.39, 0.29) is 6.61 Å². The van der Waals surface area contributed by atoms with Gasteiger partial charge in [0.15, 0.2) is 6.61 Å². The Bertz CT molecular complexity index is 379. The summed E-state index contributed by atoms with van der Waals surface area (Å²) >= 11 is 0. The Labute approximate surface area is 140 Å². The van der Waals surface area contributed by atoms with E-state index in [4.69, 9.17) is 11.2 Å². The molecule has 0 amide bonds. The summed E-state index contributed by atoms with van der Waals surface area (Å²) < 4.78 is 9.58. The van der Waals surface area contributed by atoms with Crippen molar-refractivity contribution in [2.45, 2.75) is 71.1 Å². The average Bonchev–Trinajstić information content (AvgIpc) is 2.56. The van der Waals surface area contributed by atoms with Gasteiger partial charge >= 0.3 is 11.9 Å². The van der Waals surface area contributed by atoms with E-state index in [1.165, 1.54) is 51.4 Å². The van der Waals surface area contributed by atoms with Crippen LogP contribution in [0.15, 0.2) is 12.2 Å². The van der Waals surface area contributed by atoms with Gasteiger partial charge in [-0.25, -0.2) is 9.59 Å². The van der Waals surface area contributed by atoms with Crippen LogP contribution in [-0.4, -0.2) is 25.2 Å². The Morgan fingerprint density at radius 2 is 1.30 bits per heavy atom. The lowest BCUT2D eigenvalue weighted by Crippen LogP contribution is -2.05. The third-order valence-corrected chi connectivity index (χ3v) is 3.40. The van der Waals surface area contributed by atoms with Crippen LogP contribution < -0.4 is 0 Å². The van der Waals surface area contributed by atoms with E-state index in [0.717, 1.165) is 25.0 Å². The first-order valence-electron chi connectivity index (χ1n) is 8.65. The average molecular weight is 322 g/mol. The molecule has 0 bridgehead atoms. The van der Waals surface area contributed by atoms with Crippen LogP contribution in [0.4, 0.5) is 0 Å². The van der Waals surface area contributed by atoms with Gasteiger partial charge in [-0.15, -0.1) is 6.42 Å². The summed E-state index contributed by atoms with van der Waals surface area (Å²) in [7, 11) is 0. The molecule has 0 unspecified atom stereocenters. The van der Waals surface area contributed by atoms with Crippen molar-refractivity contribution in [3.63, 3.8) is 0 Å². The first-order valence-corrected chi connectivity index (χ1v) is 8.65. The van der Waals surface area contributed by atoms with Gasteiger partial charge in [0, 0.05) is 12.2 Å². The fourth-order valence-corrected chi connectivity index (χ4v) is 2.11. The molecule has 0 aliphatic heterocycles. The van der Waals surface area contributed by atoms with Gasteiger partial charge in [-0.1, -0.05) is 70.6 Å². The number of hydrogen-bond acceptors (Lipinski definition) is 4. The summed E-state index contributed by atoms with van der Waals surface area (Å²) in [4.78, 5) is 22.4. The highest BCUT2D eigenvalue weighted by Gasteiger charge is 2.00. The summed E-state index contributed by atoms with van der Waals surface area (Å²) in [5.41, 5.74) is 0. The van der Waals surface area contributed by atoms with Crippen molar-refractivity contribution in [2.75, 3.05) is 13.2 Å². The van der Waals surface area contributed by atoms with Crippen LogP contribution in [0.5, 0.6) is 0 Å². The van der Waals surface area contributed by atoms with Crippen molar-refractivity contribution < 1.29 is 19.1 Å². The third-order valence-electron chi connectivity index (χ3n) is 3.40. The maximum absolute atomic E-state index is 11.3. The van der Waals surface area contributed by atoms with E-state index < -0.39 is 11.9 Å². The highest BCUT2D eigenvalue weighted by atomic mass is 16.5. The zero-order valence-electron chi connectivity index (χ0n) is 14.4. The quantitative estimate of drug-likeness (QED) is 0.208. The Balaban J connectivity index is 3.37. The van der Waals surface area contributed by atoms with Crippen LogP contribution in [0.2, 0.25) is 0 Å². The Hall–Kier alpha value is -1.76. The van der Waals surface area contributed by atoms with Crippen molar-refractivity contribution in [1.82, 2.24) is 0 Å². The molecule has 0 atom stereocenters. The highest BCUT2D eigenvalue weighted by molar-refractivity contribution is 5.91. The van der Waals surface area contributed by atoms with Gasteiger partial charge in [-0.05, 0) is 6.42 Å². The van der Waals surface area contributed by atoms with Crippen molar-refractivity contribution >= 4 is 11.9 Å². The van der Waals surface area contributed by atoms with Crippen LogP contribution >= 0.6 is 0 Å². The van der Waals surface area contributed by atoms with Gasteiger partial charge < -0.3 is 9.47 Å². The molecule has 0 heterocycles. The van der Waals surface area contributed by atoms with E-state index in [2.05, 4.69) is 17.6 Å². The molecule has 0 aromatic heterocycles. The number of hydrogen-bond donors (Lipinski definition) is 0. The maximum Gasteiger partial charge on any atom is 0.331 e. The lowest BCUT2D eigenvalue weighted by atomic mass is 10.1. The molecule has 0 aliphatic rings. The predicted octanol–water partition coefficient (Wildman–Crippen LogP) is 4.18. The zero-order valence-corrected chi connectivity index (χ0v) is 14.4. The second-order valence-corrected chi connectivity index (χ2v) is 5.49. The van der Waals surface area contributed by atoms with E-state index in [9.17, 15) is 9.59 Å². The Morgan fingerprint density at radius 1 is 0.826 bits per heavy atom. The van der Waals surface area contributed by atoms with E-state index >= 15 is 0 Å². The van der Waals surface area contributed by atoms with Crippen LogP contribution in [-0.2, 0) is 19.1 Å². The number of ether oxygens (including phenoxy) is 2. The minimum Gasteiger partial charge on any atom is -0.463 e. The predicted molar refractivity (Wildman–Crippen MR) is 91.7 cm³/mol. The molecule has 130 valence electrons. The van der Waals surface area contributed by atoms with Crippen molar-refractivity contribution in [3.8, 4) is 12.3 Å². The summed E-state index contributed by atoms with van der Waals surface area (Å²) in [5.74, 6) is 0.999. The van der Waals surface area contributed by atoms with Crippen LogP contribution in [0.1, 0.15) is 71.1 Å². The normalized spacial score (nSPS) is 10.4. The van der Waals surface area contributed by atoms with E-state index in [1.54, 1.807) is 0 Å². The molecular weight excluding hydrogens is 292 g/mol. The minimum atomic E-state index is -0.640. The molecule has 0 N–H and O–H groups in total. The number of unbranched alkanes of at least 4 members (excludes halogenated alkanes) is 9. The monoisotopic (exact) mass is 322 g/mol. The standard InChI is InChI=1S/C19H30O4/c1-3-5-6-7-8-9-10-11-12-13-17-23-19(21)15-14-18(20)22-16-4-2/h2,14-15H,3,5-13,16-17H2,1H3/b15-14+. The third kappa shape index (κ3) is 16.4. The topological polar surface area (TPSA) is 52.6 Å². The van der Waals surface area contributed by atoms with Crippen molar-refractivity contribution in [1.29, 1.82) is 0 Å². The number of rotatable bonds is 14. The summed E-state index contributed by atoms with van der Waals surface area (Å²) in [6.07, 6.45) is 19.4. The number of carbonyl (C=O) groups excluding carboxylic acids is 2. The molecule has 0 radical (unpaired) electrons.